The third-order valence-corrected chi connectivity index (χ3v) is 5.16. The Hall–Kier alpha value is -0.900. The molecule has 0 N–H and O–H groups in total. The van der Waals surface area contributed by atoms with Gasteiger partial charge in [-0.1, -0.05) is 36.8 Å². The van der Waals surface area contributed by atoms with E-state index in [-0.39, 0.29) is 11.6 Å². The van der Waals surface area contributed by atoms with Crippen LogP contribution in [0.1, 0.15) is 31.2 Å². The van der Waals surface area contributed by atoms with Crippen LogP contribution >= 0.6 is 0 Å². The normalized spacial score (nSPS) is 42.1. The van der Waals surface area contributed by atoms with Gasteiger partial charge in [0.1, 0.15) is 5.54 Å². The average Bonchev–Trinajstić information content (AvgIpc) is 2.79. The van der Waals surface area contributed by atoms with Gasteiger partial charge in [0.15, 0.2) is 5.79 Å². The summed E-state index contributed by atoms with van der Waals surface area (Å²) in [5.41, 5.74) is 1.25. The summed E-state index contributed by atoms with van der Waals surface area (Å²) in [6.45, 7) is 1.72. The Morgan fingerprint density at radius 2 is 1.95 bits per heavy atom. The molecule has 4 rings (SSSR count). The molecule has 0 amide bonds. The fourth-order valence-electron chi connectivity index (χ4n) is 4.38. The van der Waals surface area contributed by atoms with E-state index >= 15 is 0 Å². The van der Waals surface area contributed by atoms with Crippen molar-refractivity contribution >= 4 is 0 Å². The Morgan fingerprint density at radius 1 is 1.16 bits per heavy atom. The summed E-state index contributed by atoms with van der Waals surface area (Å²) >= 11 is 0. The number of likely N-dealkylation sites (N-methyl/N-ethyl adjacent to an activating group) is 1. The molecule has 0 aromatic heterocycles. The first-order valence-electron chi connectivity index (χ1n) is 7.35. The Morgan fingerprint density at radius 3 is 2.79 bits per heavy atom. The van der Waals surface area contributed by atoms with Gasteiger partial charge < -0.3 is 9.47 Å². The molecule has 19 heavy (non-hydrogen) atoms. The Bertz CT molecular complexity index is 473. The van der Waals surface area contributed by atoms with E-state index in [0.29, 0.717) is 0 Å². The van der Waals surface area contributed by atoms with Crippen LogP contribution in [0.2, 0.25) is 0 Å². The topological polar surface area (TPSA) is 21.7 Å². The largest absolute Gasteiger partial charge is 0.345 e. The van der Waals surface area contributed by atoms with E-state index in [1.165, 1.54) is 18.4 Å². The summed E-state index contributed by atoms with van der Waals surface area (Å²) in [5.74, 6) is -0.412. The Labute approximate surface area is 114 Å². The zero-order valence-corrected chi connectivity index (χ0v) is 11.5. The highest BCUT2D eigenvalue weighted by molar-refractivity contribution is 5.30. The van der Waals surface area contributed by atoms with Gasteiger partial charge in [0.05, 0.1) is 12.7 Å². The van der Waals surface area contributed by atoms with E-state index in [1.54, 1.807) is 0 Å². The highest BCUT2D eigenvalue weighted by Crippen LogP contribution is 2.56. The zero-order valence-electron chi connectivity index (χ0n) is 11.5. The molecule has 1 saturated carbocycles. The number of hydrogen-bond donors (Lipinski definition) is 0. The molecule has 0 radical (unpaired) electrons. The molecule has 3 aliphatic rings. The van der Waals surface area contributed by atoms with E-state index in [0.717, 1.165) is 26.0 Å². The summed E-state index contributed by atoms with van der Waals surface area (Å²) in [5, 5.41) is 0. The van der Waals surface area contributed by atoms with Gasteiger partial charge in [-0.05, 0) is 25.5 Å². The SMILES string of the molecule is CN1CC2COC3(CCCCC13c1ccccc1)O2. The predicted molar refractivity (Wildman–Crippen MR) is 72.8 cm³/mol. The van der Waals surface area contributed by atoms with Crippen LogP contribution in [0, 0.1) is 0 Å². The van der Waals surface area contributed by atoms with E-state index in [9.17, 15) is 0 Å². The number of ether oxygens (including phenoxy) is 2. The lowest BCUT2D eigenvalue weighted by molar-refractivity contribution is -0.294. The number of rotatable bonds is 1. The van der Waals surface area contributed by atoms with Crippen LogP contribution in [0.5, 0.6) is 0 Å². The second-order valence-electron chi connectivity index (χ2n) is 6.12. The van der Waals surface area contributed by atoms with Crippen molar-refractivity contribution < 1.29 is 9.47 Å². The summed E-state index contributed by atoms with van der Waals surface area (Å²) < 4.78 is 12.6. The van der Waals surface area contributed by atoms with Crippen molar-refractivity contribution in [3.05, 3.63) is 35.9 Å². The monoisotopic (exact) mass is 259 g/mol. The maximum absolute atomic E-state index is 6.35. The van der Waals surface area contributed by atoms with Crippen LogP contribution in [-0.2, 0) is 15.0 Å². The quantitative estimate of drug-likeness (QED) is 0.773. The molecule has 2 saturated heterocycles. The molecular formula is C16H21NO2. The maximum atomic E-state index is 6.35. The van der Waals surface area contributed by atoms with Crippen molar-refractivity contribution in [2.75, 3.05) is 20.2 Å². The lowest BCUT2D eigenvalue weighted by atomic mass is 9.70. The fourth-order valence-corrected chi connectivity index (χ4v) is 4.38. The highest BCUT2D eigenvalue weighted by Gasteiger charge is 2.64. The third kappa shape index (κ3) is 1.44. The first kappa shape index (κ1) is 11.9. The van der Waals surface area contributed by atoms with Gasteiger partial charge in [-0.15, -0.1) is 0 Å². The van der Waals surface area contributed by atoms with Gasteiger partial charge in [-0.2, -0.15) is 0 Å². The smallest absolute Gasteiger partial charge is 0.191 e. The molecule has 102 valence electrons. The molecule has 3 atom stereocenters. The minimum atomic E-state index is -0.412. The van der Waals surface area contributed by atoms with Gasteiger partial charge in [0.2, 0.25) is 0 Å². The van der Waals surface area contributed by atoms with Crippen LogP contribution in [0.4, 0.5) is 0 Å². The van der Waals surface area contributed by atoms with Crippen LogP contribution in [-0.4, -0.2) is 37.0 Å². The molecule has 2 bridgehead atoms. The van der Waals surface area contributed by atoms with Crippen molar-refractivity contribution in [1.29, 1.82) is 0 Å². The number of fused-ring (bicyclic) bond motifs is 1. The number of morpholine rings is 1. The van der Waals surface area contributed by atoms with E-state index in [1.807, 2.05) is 0 Å². The van der Waals surface area contributed by atoms with Crippen molar-refractivity contribution in [2.45, 2.75) is 43.1 Å². The lowest BCUT2D eigenvalue weighted by Crippen LogP contribution is -2.66. The standard InChI is InChI=1S/C16H21NO2/c1-17-11-14-12-18-16(19-14)10-6-5-9-15(16,17)13-7-3-2-4-8-13/h2-4,7-8,14H,5-6,9-12H2,1H3. The third-order valence-electron chi connectivity index (χ3n) is 5.16. The molecule has 3 fully saturated rings. The second kappa shape index (κ2) is 4.05. The molecule has 1 aliphatic carbocycles. The van der Waals surface area contributed by atoms with Crippen LogP contribution < -0.4 is 0 Å². The van der Waals surface area contributed by atoms with Gasteiger partial charge in [0.25, 0.3) is 0 Å². The molecule has 1 spiro atoms. The summed E-state index contributed by atoms with van der Waals surface area (Å²) in [7, 11) is 2.23. The second-order valence-corrected chi connectivity index (χ2v) is 6.12. The van der Waals surface area contributed by atoms with Crippen LogP contribution in [0.3, 0.4) is 0 Å². The highest BCUT2D eigenvalue weighted by atomic mass is 16.8. The summed E-state index contributed by atoms with van der Waals surface area (Å²) in [4.78, 5) is 2.49. The zero-order chi connectivity index (χ0) is 12.9. The van der Waals surface area contributed by atoms with E-state index < -0.39 is 5.79 Å². The Balaban J connectivity index is 1.89. The molecular weight excluding hydrogens is 238 g/mol. The summed E-state index contributed by atoms with van der Waals surface area (Å²) in [6.07, 6.45) is 4.84. The van der Waals surface area contributed by atoms with Gasteiger partial charge >= 0.3 is 0 Å². The van der Waals surface area contributed by atoms with Crippen molar-refractivity contribution in [2.24, 2.45) is 0 Å². The van der Waals surface area contributed by atoms with Crippen molar-refractivity contribution in [1.82, 2.24) is 4.90 Å². The van der Waals surface area contributed by atoms with Gasteiger partial charge in [-0.25, -0.2) is 0 Å². The fraction of sp³-hybridized carbons (Fsp3) is 0.625. The maximum Gasteiger partial charge on any atom is 0.191 e. The number of benzene rings is 1. The minimum Gasteiger partial charge on any atom is -0.345 e. The predicted octanol–water partition coefficient (Wildman–Crippen LogP) is 2.51. The first-order chi connectivity index (χ1) is 9.27. The minimum absolute atomic E-state index is 0.0977. The summed E-state index contributed by atoms with van der Waals surface area (Å²) in [6, 6.07) is 10.8. The molecule has 3 nitrogen and oxygen atoms in total. The van der Waals surface area contributed by atoms with Crippen molar-refractivity contribution in [3.8, 4) is 0 Å². The van der Waals surface area contributed by atoms with Crippen LogP contribution in [0.25, 0.3) is 0 Å². The van der Waals surface area contributed by atoms with Gasteiger partial charge in [0, 0.05) is 13.0 Å². The average molecular weight is 259 g/mol. The molecule has 2 heterocycles. The van der Waals surface area contributed by atoms with Crippen LogP contribution in [0.15, 0.2) is 30.3 Å². The van der Waals surface area contributed by atoms with E-state index in [4.69, 9.17) is 9.47 Å². The molecule has 3 unspecified atom stereocenters. The van der Waals surface area contributed by atoms with E-state index in [2.05, 4.69) is 42.3 Å². The van der Waals surface area contributed by atoms with Crippen molar-refractivity contribution in [3.63, 3.8) is 0 Å². The first-order valence-corrected chi connectivity index (χ1v) is 7.35. The molecule has 1 aromatic carbocycles. The Kier molecular flexibility index (Phi) is 2.53. The molecule has 1 aromatic rings. The van der Waals surface area contributed by atoms with Gasteiger partial charge in [-0.3, -0.25) is 4.90 Å². The number of hydrogen-bond acceptors (Lipinski definition) is 3. The molecule has 2 aliphatic heterocycles. The number of nitrogens with zero attached hydrogens (tertiary/aromatic N) is 1. The lowest BCUT2D eigenvalue weighted by Gasteiger charge is -2.57. The molecule has 3 heteroatoms.